The van der Waals surface area contributed by atoms with E-state index in [0.717, 1.165) is 42.5 Å². The molecule has 2 aromatic carbocycles. The Balaban J connectivity index is 2.21. The van der Waals surface area contributed by atoms with Crippen molar-refractivity contribution < 1.29 is 36.4 Å². The standard InChI is InChI=1S/C17H11F5N2O4/c18-16(19)28-14-6-5-13(24(26)27)8-10(14)4-7-15(25)23-12-3-1-2-11(9-12)17(20,21)22/h1-9,16H,(H,23,25). The number of amides is 1. The molecule has 28 heavy (non-hydrogen) atoms. The monoisotopic (exact) mass is 402 g/mol. The SMILES string of the molecule is O=C(C=Cc1cc([N+](=O)[O-])ccc1OC(F)F)Nc1cccc(C(F)(F)F)c1. The van der Waals surface area contributed by atoms with Crippen LogP contribution in [0.15, 0.2) is 48.5 Å². The molecule has 2 rings (SSSR count). The van der Waals surface area contributed by atoms with Crippen molar-refractivity contribution >= 4 is 23.4 Å². The molecule has 0 aliphatic carbocycles. The highest BCUT2D eigenvalue weighted by molar-refractivity contribution is 6.02. The lowest BCUT2D eigenvalue weighted by Gasteiger charge is -2.09. The lowest BCUT2D eigenvalue weighted by atomic mass is 10.1. The van der Waals surface area contributed by atoms with Crippen molar-refractivity contribution in [2.45, 2.75) is 12.8 Å². The fraction of sp³-hybridized carbons (Fsp3) is 0.118. The molecule has 0 spiro atoms. The minimum absolute atomic E-state index is 0.146. The normalized spacial score (nSPS) is 11.6. The number of nitro groups is 1. The number of ether oxygens (including phenoxy) is 1. The zero-order valence-electron chi connectivity index (χ0n) is 13.7. The lowest BCUT2D eigenvalue weighted by molar-refractivity contribution is -0.384. The van der Waals surface area contributed by atoms with E-state index in [-0.39, 0.29) is 11.3 Å². The number of nitrogens with one attached hydrogen (secondary N) is 1. The third kappa shape index (κ3) is 5.76. The summed E-state index contributed by atoms with van der Waals surface area (Å²) in [7, 11) is 0. The summed E-state index contributed by atoms with van der Waals surface area (Å²) in [4.78, 5) is 21.9. The summed E-state index contributed by atoms with van der Waals surface area (Å²) in [5.74, 6) is -1.29. The molecular weight excluding hydrogens is 391 g/mol. The minimum Gasteiger partial charge on any atom is -0.434 e. The van der Waals surface area contributed by atoms with E-state index in [1.54, 1.807) is 0 Å². The quantitative estimate of drug-likeness (QED) is 0.324. The van der Waals surface area contributed by atoms with Crippen LogP contribution in [0.3, 0.4) is 0 Å². The summed E-state index contributed by atoms with van der Waals surface area (Å²) in [6.07, 6.45) is -2.81. The van der Waals surface area contributed by atoms with Gasteiger partial charge in [0.15, 0.2) is 0 Å². The van der Waals surface area contributed by atoms with Gasteiger partial charge in [0, 0.05) is 29.5 Å². The maximum atomic E-state index is 12.7. The smallest absolute Gasteiger partial charge is 0.416 e. The Morgan fingerprint density at radius 1 is 1.18 bits per heavy atom. The second-order valence-corrected chi connectivity index (χ2v) is 5.26. The molecule has 6 nitrogen and oxygen atoms in total. The molecule has 148 valence electrons. The fourth-order valence-electron chi connectivity index (χ4n) is 2.11. The number of anilines is 1. The van der Waals surface area contributed by atoms with Crippen LogP contribution in [0.25, 0.3) is 6.08 Å². The summed E-state index contributed by atoms with van der Waals surface area (Å²) in [6.45, 7) is -3.20. The summed E-state index contributed by atoms with van der Waals surface area (Å²) >= 11 is 0. The van der Waals surface area contributed by atoms with Gasteiger partial charge < -0.3 is 10.1 Å². The van der Waals surface area contributed by atoms with E-state index in [1.165, 1.54) is 6.07 Å². The Morgan fingerprint density at radius 3 is 2.50 bits per heavy atom. The maximum absolute atomic E-state index is 12.7. The first-order valence-corrected chi connectivity index (χ1v) is 7.46. The van der Waals surface area contributed by atoms with Crippen molar-refractivity contribution in [1.29, 1.82) is 0 Å². The van der Waals surface area contributed by atoms with Crippen molar-refractivity contribution in [3.8, 4) is 5.75 Å². The number of hydrogen-bond donors (Lipinski definition) is 1. The third-order valence-electron chi connectivity index (χ3n) is 3.29. The van der Waals surface area contributed by atoms with E-state index < -0.39 is 40.6 Å². The molecule has 11 heteroatoms. The van der Waals surface area contributed by atoms with E-state index in [9.17, 15) is 36.9 Å². The second kappa shape index (κ2) is 8.46. The van der Waals surface area contributed by atoms with E-state index in [0.29, 0.717) is 6.07 Å². The predicted octanol–water partition coefficient (Wildman–Crippen LogP) is 4.87. The van der Waals surface area contributed by atoms with Crippen molar-refractivity contribution in [3.63, 3.8) is 0 Å². The average molecular weight is 402 g/mol. The summed E-state index contributed by atoms with van der Waals surface area (Å²) in [6, 6.07) is 6.64. The van der Waals surface area contributed by atoms with E-state index >= 15 is 0 Å². The van der Waals surface area contributed by atoms with Gasteiger partial charge >= 0.3 is 12.8 Å². The molecule has 0 aliphatic rings. The van der Waals surface area contributed by atoms with E-state index in [2.05, 4.69) is 10.1 Å². The first-order chi connectivity index (χ1) is 13.1. The number of hydrogen-bond acceptors (Lipinski definition) is 4. The number of carbonyl (C=O) groups excluding carboxylic acids is 1. The summed E-state index contributed by atoms with van der Waals surface area (Å²) in [5.41, 5.74) is -1.73. The van der Waals surface area contributed by atoms with Gasteiger partial charge in [-0.3, -0.25) is 14.9 Å². The molecule has 0 heterocycles. The molecule has 1 N–H and O–H groups in total. The van der Waals surface area contributed by atoms with Crippen molar-refractivity contribution in [2.24, 2.45) is 0 Å². The molecule has 0 unspecified atom stereocenters. The molecule has 0 aliphatic heterocycles. The van der Waals surface area contributed by atoms with Crippen LogP contribution < -0.4 is 10.1 Å². The molecule has 0 radical (unpaired) electrons. The Hall–Kier alpha value is -3.50. The first-order valence-electron chi connectivity index (χ1n) is 7.46. The molecular formula is C17H11F5N2O4. The summed E-state index contributed by atoms with van der Waals surface area (Å²) in [5, 5.41) is 13.0. The first kappa shape index (κ1) is 20.8. The number of non-ortho nitro benzene ring substituents is 1. The molecule has 0 fully saturated rings. The van der Waals surface area contributed by atoms with Gasteiger partial charge in [0.1, 0.15) is 5.75 Å². The Bertz CT molecular complexity index is 913. The van der Waals surface area contributed by atoms with Crippen LogP contribution >= 0.6 is 0 Å². The van der Waals surface area contributed by atoms with Gasteiger partial charge in [-0.15, -0.1) is 0 Å². The summed E-state index contributed by atoms with van der Waals surface area (Å²) < 4.78 is 67.1. The van der Waals surface area contributed by atoms with Crippen LogP contribution in [0.4, 0.5) is 33.3 Å². The number of carbonyl (C=O) groups is 1. The van der Waals surface area contributed by atoms with Crippen LogP contribution in [0, 0.1) is 10.1 Å². The zero-order chi connectivity index (χ0) is 20.9. The van der Waals surface area contributed by atoms with E-state index in [1.807, 2.05) is 0 Å². The van der Waals surface area contributed by atoms with Gasteiger partial charge in [0.05, 0.1) is 10.5 Å². The van der Waals surface area contributed by atoms with Crippen LogP contribution in [0.1, 0.15) is 11.1 Å². The maximum Gasteiger partial charge on any atom is 0.416 e. The van der Waals surface area contributed by atoms with Crippen LogP contribution in [0.5, 0.6) is 5.75 Å². The van der Waals surface area contributed by atoms with Gasteiger partial charge in [0.25, 0.3) is 5.69 Å². The zero-order valence-corrected chi connectivity index (χ0v) is 13.7. The second-order valence-electron chi connectivity index (χ2n) is 5.26. The Labute approximate surface area is 154 Å². The number of rotatable bonds is 6. The van der Waals surface area contributed by atoms with Crippen molar-refractivity contribution in [2.75, 3.05) is 5.32 Å². The fourth-order valence-corrected chi connectivity index (χ4v) is 2.11. The number of halogens is 5. The van der Waals surface area contributed by atoms with Crippen LogP contribution in [0.2, 0.25) is 0 Å². The van der Waals surface area contributed by atoms with Gasteiger partial charge in [-0.25, -0.2) is 0 Å². The highest BCUT2D eigenvalue weighted by Crippen LogP contribution is 2.31. The van der Waals surface area contributed by atoms with Gasteiger partial charge in [-0.05, 0) is 30.3 Å². The van der Waals surface area contributed by atoms with Crippen molar-refractivity contribution in [3.05, 3.63) is 69.8 Å². The number of nitrogens with zero attached hydrogens (tertiary/aromatic N) is 1. The molecule has 0 bridgehead atoms. The van der Waals surface area contributed by atoms with Gasteiger partial charge in [-0.1, -0.05) is 6.07 Å². The largest absolute Gasteiger partial charge is 0.434 e. The number of nitro benzene ring substituents is 1. The molecule has 0 saturated carbocycles. The average Bonchev–Trinajstić information content (AvgIpc) is 2.59. The Morgan fingerprint density at radius 2 is 1.89 bits per heavy atom. The molecule has 0 atom stereocenters. The van der Waals surface area contributed by atoms with Gasteiger partial charge in [-0.2, -0.15) is 22.0 Å². The van der Waals surface area contributed by atoms with E-state index in [4.69, 9.17) is 0 Å². The predicted molar refractivity (Wildman–Crippen MR) is 88.8 cm³/mol. The minimum atomic E-state index is -4.60. The highest BCUT2D eigenvalue weighted by atomic mass is 19.4. The number of benzene rings is 2. The topological polar surface area (TPSA) is 81.5 Å². The van der Waals surface area contributed by atoms with Gasteiger partial charge in [0.2, 0.25) is 5.91 Å². The molecule has 2 aromatic rings. The number of alkyl halides is 5. The third-order valence-corrected chi connectivity index (χ3v) is 3.29. The lowest BCUT2D eigenvalue weighted by Crippen LogP contribution is -2.10. The van der Waals surface area contributed by atoms with Crippen LogP contribution in [-0.2, 0) is 11.0 Å². The molecule has 0 aromatic heterocycles. The highest BCUT2D eigenvalue weighted by Gasteiger charge is 2.30. The Kier molecular flexibility index (Phi) is 6.29. The van der Waals surface area contributed by atoms with Crippen molar-refractivity contribution in [1.82, 2.24) is 0 Å². The molecule has 0 saturated heterocycles. The molecule has 1 amide bonds. The van der Waals surface area contributed by atoms with Crippen LogP contribution in [-0.4, -0.2) is 17.4 Å².